The van der Waals surface area contributed by atoms with E-state index < -0.39 is 5.97 Å². The summed E-state index contributed by atoms with van der Waals surface area (Å²) in [7, 11) is 0. The van der Waals surface area contributed by atoms with Crippen molar-refractivity contribution in [3.63, 3.8) is 0 Å². The van der Waals surface area contributed by atoms with Crippen molar-refractivity contribution in [1.82, 2.24) is 5.32 Å². The third-order valence-corrected chi connectivity index (χ3v) is 3.84. The summed E-state index contributed by atoms with van der Waals surface area (Å²) in [5.41, 5.74) is 0.592. The van der Waals surface area contributed by atoms with Crippen LogP contribution >= 0.6 is 15.9 Å². The summed E-state index contributed by atoms with van der Waals surface area (Å²) < 4.78 is 0.488. The maximum atomic E-state index is 11.8. The largest absolute Gasteiger partial charge is 0.478 e. The van der Waals surface area contributed by atoms with E-state index in [9.17, 15) is 9.59 Å². The van der Waals surface area contributed by atoms with Gasteiger partial charge in [-0.3, -0.25) is 0 Å². The molecule has 19 heavy (non-hydrogen) atoms. The van der Waals surface area contributed by atoms with Crippen LogP contribution in [0.15, 0.2) is 22.7 Å². The van der Waals surface area contributed by atoms with E-state index in [4.69, 9.17) is 5.11 Å². The van der Waals surface area contributed by atoms with Crippen molar-refractivity contribution in [3.8, 4) is 0 Å². The predicted molar refractivity (Wildman–Crippen MR) is 75.5 cm³/mol. The highest BCUT2D eigenvalue weighted by Crippen LogP contribution is 2.21. The molecular formula is C13H15BrN2O3. The first kappa shape index (κ1) is 13.9. The Balaban J connectivity index is 2.00. The topological polar surface area (TPSA) is 78.4 Å². The number of carboxylic acid groups (broad SMARTS) is 1. The highest BCUT2D eigenvalue weighted by molar-refractivity contribution is 9.10. The van der Waals surface area contributed by atoms with Crippen LogP contribution in [0.25, 0.3) is 0 Å². The molecule has 0 unspecified atom stereocenters. The quantitative estimate of drug-likeness (QED) is 0.798. The fourth-order valence-corrected chi connectivity index (χ4v) is 2.61. The van der Waals surface area contributed by atoms with E-state index >= 15 is 0 Å². The van der Waals surface area contributed by atoms with Crippen LogP contribution in [0.1, 0.15) is 36.0 Å². The van der Waals surface area contributed by atoms with Gasteiger partial charge in [-0.15, -0.1) is 0 Å². The molecule has 3 N–H and O–H groups in total. The number of carboxylic acids is 1. The van der Waals surface area contributed by atoms with Gasteiger partial charge in [0.2, 0.25) is 0 Å². The van der Waals surface area contributed by atoms with E-state index in [1.165, 1.54) is 6.07 Å². The molecule has 1 saturated carbocycles. The van der Waals surface area contributed by atoms with Crippen LogP contribution in [0.5, 0.6) is 0 Å². The van der Waals surface area contributed by atoms with E-state index in [1.54, 1.807) is 12.1 Å². The Bertz CT molecular complexity index is 499. The summed E-state index contributed by atoms with van der Waals surface area (Å²) in [4.78, 5) is 22.7. The molecule has 0 saturated heterocycles. The lowest BCUT2D eigenvalue weighted by molar-refractivity contribution is 0.0696. The van der Waals surface area contributed by atoms with Gasteiger partial charge in [0.05, 0.1) is 5.56 Å². The van der Waals surface area contributed by atoms with Crippen molar-refractivity contribution in [2.75, 3.05) is 5.32 Å². The minimum absolute atomic E-state index is 0.124. The Morgan fingerprint density at radius 3 is 2.58 bits per heavy atom. The number of benzene rings is 1. The predicted octanol–water partition coefficient (Wildman–Crippen LogP) is 3.21. The van der Waals surface area contributed by atoms with Gasteiger partial charge in [0, 0.05) is 16.2 Å². The lowest BCUT2D eigenvalue weighted by Gasteiger charge is -2.13. The number of nitrogens with one attached hydrogen (secondary N) is 2. The molecule has 102 valence electrons. The molecule has 2 rings (SSSR count). The molecule has 5 nitrogen and oxygen atoms in total. The number of halogens is 1. The lowest BCUT2D eigenvalue weighted by atomic mass is 10.2. The lowest BCUT2D eigenvalue weighted by Crippen LogP contribution is -2.36. The van der Waals surface area contributed by atoms with Gasteiger partial charge >= 0.3 is 12.0 Å². The highest BCUT2D eigenvalue weighted by atomic mass is 79.9. The number of aromatic carboxylic acids is 1. The second kappa shape index (κ2) is 6.06. The van der Waals surface area contributed by atoms with Crippen molar-refractivity contribution in [2.24, 2.45) is 0 Å². The van der Waals surface area contributed by atoms with E-state index in [0.29, 0.717) is 10.2 Å². The molecular weight excluding hydrogens is 312 g/mol. The van der Waals surface area contributed by atoms with Crippen molar-refractivity contribution in [3.05, 3.63) is 28.2 Å². The zero-order valence-electron chi connectivity index (χ0n) is 10.3. The maximum absolute atomic E-state index is 11.8. The minimum Gasteiger partial charge on any atom is -0.478 e. The maximum Gasteiger partial charge on any atom is 0.336 e. The van der Waals surface area contributed by atoms with E-state index in [1.807, 2.05) is 0 Å². The molecule has 6 heteroatoms. The Morgan fingerprint density at radius 1 is 1.26 bits per heavy atom. The van der Waals surface area contributed by atoms with E-state index in [-0.39, 0.29) is 17.6 Å². The number of hydrogen-bond acceptors (Lipinski definition) is 2. The summed E-state index contributed by atoms with van der Waals surface area (Å²) in [6, 6.07) is 4.64. The number of carbonyl (C=O) groups excluding carboxylic acids is 1. The zero-order chi connectivity index (χ0) is 13.8. The number of anilines is 1. The highest BCUT2D eigenvalue weighted by Gasteiger charge is 2.17. The van der Waals surface area contributed by atoms with Crippen LogP contribution in [0.2, 0.25) is 0 Å². The molecule has 1 aromatic rings. The van der Waals surface area contributed by atoms with E-state index in [0.717, 1.165) is 25.7 Å². The van der Waals surface area contributed by atoms with E-state index in [2.05, 4.69) is 26.6 Å². The van der Waals surface area contributed by atoms with Crippen molar-refractivity contribution >= 4 is 33.6 Å². The van der Waals surface area contributed by atoms with Crippen LogP contribution < -0.4 is 10.6 Å². The number of rotatable bonds is 3. The van der Waals surface area contributed by atoms with Gasteiger partial charge < -0.3 is 15.7 Å². The smallest absolute Gasteiger partial charge is 0.336 e. The first-order chi connectivity index (χ1) is 9.06. The Kier molecular flexibility index (Phi) is 4.42. The van der Waals surface area contributed by atoms with Gasteiger partial charge in [0.25, 0.3) is 0 Å². The van der Waals surface area contributed by atoms with Crippen LogP contribution in [-0.4, -0.2) is 23.1 Å². The van der Waals surface area contributed by atoms with Gasteiger partial charge in [0.1, 0.15) is 0 Å². The fourth-order valence-electron chi connectivity index (χ4n) is 2.19. The molecule has 1 fully saturated rings. The monoisotopic (exact) mass is 326 g/mol. The molecule has 0 radical (unpaired) electrons. The molecule has 0 aromatic heterocycles. The Morgan fingerprint density at radius 2 is 1.95 bits per heavy atom. The van der Waals surface area contributed by atoms with Gasteiger partial charge in [-0.1, -0.05) is 12.8 Å². The van der Waals surface area contributed by atoms with Crippen LogP contribution in [0.3, 0.4) is 0 Å². The average Bonchev–Trinajstić information content (AvgIpc) is 2.84. The molecule has 0 atom stereocenters. The van der Waals surface area contributed by atoms with Crippen LogP contribution in [-0.2, 0) is 0 Å². The molecule has 1 aromatic carbocycles. The zero-order valence-corrected chi connectivity index (χ0v) is 11.9. The average molecular weight is 327 g/mol. The first-order valence-electron chi connectivity index (χ1n) is 6.16. The van der Waals surface area contributed by atoms with Crippen molar-refractivity contribution in [2.45, 2.75) is 31.7 Å². The number of urea groups is 1. The fraction of sp³-hybridized carbons (Fsp3) is 0.385. The van der Waals surface area contributed by atoms with Crippen LogP contribution in [0, 0.1) is 0 Å². The number of amides is 2. The minimum atomic E-state index is -1.04. The van der Waals surface area contributed by atoms with Gasteiger partial charge in [-0.2, -0.15) is 0 Å². The summed E-state index contributed by atoms with van der Waals surface area (Å²) in [5.74, 6) is -1.04. The molecule has 1 aliphatic rings. The van der Waals surface area contributed by atoms with Crippen molar-refractivity contribution < 1.29 is 14.7 Å². The Hall–Kier alpha value is -1.56. The normalized spacial score (nSPS) is 15.2. The summed E-state index contributed by atoms with van der Waals surface area (Å²) in [6.45, 7) is 0. The number of hydrogen-bond donors (Lipinski definition) is 3. The second-order valence-electron chi connectivity index (χ2n) is 4.58. The van der Waals surface area contributed by atoms with Gasteiger partial charge in [0.15, 0.2) is 0 Å². The van der Waals surface area contributed by atoms with Gasteiger partial charge in [-0.25, -0.2) is 9.59 Å². The molecule has 0 heterocycles. The Labute approximate surface area is 119 Å². The third kappa shape index (κ3) is 3.70. The van der Waals surface area contributed by atoms with Crippen molar-refractivity contribution in [1.29, 1.82) is 0 Å². The standard InChI is InChI=1S/C13H15BrN2O3/c14-11-6-5-9(7-10(11)12(17)18)16-13(19)15-8-3-1-2-4-8/h5-8H,1-4H2,(H,17,18)(H2,15,16,19). The van der Waals surface area contributed by atoms with Crippen LogP contribution in [0.4, 0.5) is 10.5 Å². The molecule has 2 amide bonds. The molecule has 0 bridgehead atoms. The molecule has 1 aliphatic carbocycles. The second-order valence-corrected chi connectivity index (χ2v) is 5.43. The summed E-state index contributed by atoms with van der Waals surface area (Å²) >= 11 is 3.16. The summed E-state index contributed by atoms with van der Waals surface area (Å²) in [5, 5.41) is 14.5. The number of carbonyl (C=O) groups is 2. The third-order valence-electron chi connectivity index (χ3n) is 3.15. The first-order valence-corrected chi connectivity index (χ1v) is 6.96. The SMILES string of the molecule is O=C(Nc1ccc(Br)c(C(=O)O)c1)NC1CCCC1. The molecule has 0 spiro atoms. The summed E-state index contributed by atoms with van der Waals surface area (Å²) in [6.07, 6.45) is 4.31. The van der Waals surface area contributed by atoms with Gasteiger partial charge in [-0.05, 0) is 47.0 Å². The molecule has 0 aliphatic heterocycles.